The van der Waals surface area contributed by atoms with E-state index in [-0.39, 0.29) is 5.56 Å². The standard InChI is InChI=1S/C25H30N6OS/c1-3-5-6-9-19(8-4-2)18-27-21-11-7-10-20(16-21)24-29-31-23(32)17-22(28-25(31)33-24)30-14-12-26-13-15-30/h4,6-11,16-17,26-27H,2-3,5,12-15,18H2,1H3/b9-6-,19-8+. The van der Waals surface area contributed by atoms with E-state index >= 15 is 0 Å². The lowest BCUT2D eigenvalue weighted by molar-refractivity contribution is 0.584. The molecule has 3 heterocycles. The number of hydrogen-bond donors (Lipinski definition) is 2. The molecule has 7 nitrogen and oxygen atoms in total. The second-order valence-corrected chi connectivity index (χ2v) is 8.85. The number of hydrogen-bond acceptors (Lipinski definition) is 7. The number of nitrogens with one attached hydrogen (secondary N) is 2. The number of benzene rings is 1. The molecule has 0 spiro atoms. The van der Waals surface area contributed by atoms with Crippen LogP contribution in [-0.2, 0) is 0 Å². The molecule has 1 saturated heterocycles. The molecule has 8 heteroatoms. The molecule has 1 fully saturated rings. The van der Waals surface area contributed by atoms with E-state index in [9.17, 15) is 4.79 Å². The van der Waals surface area contributed by atoms with E-state index in [0.717, 1.165) is 61.1 Å². The summed E-state index contributed by atoms with van der Waals surface area (Å²) < 4.78 is 1.40. The number of fused-ring (bicyclic) bond motifs is 1. The lowest BCUT2D eigenvalue weighted by Gasteiger charge is -2.27. The third-order valence-electron chi connectivity index (χ3n) is 5.40. The summed E-state index contributed by atoms with van der Waals surface area (Å²) in [6, 6.07) is 9.67. The van der Waals surface area contributed by atoms with Crippen LogP contribution in [-0.4, -0.2) is 47.3 Å². The van der Waals surface area contributed by atoms with Gasteiger partial charge in [-0.3, -0.25) is 4.79 Å². The van der Waals surface area contributed by atoms with Crippen molar-refractivity contribution in [3.63, 3.8) is 0 Å². The fraction of sp³-hybridized carbons (Fsp3) is 0.320. The predicted octanol–water partition coefficient (Wildman–Crippen LogP) is 4.11. The Balaban J connectivity index is 1.54. The number of unbranched alkanes of at least 4 members (excludes halogenated alkanes) is 1. The first kappa shape index (κ1) is 22.9. The topological polar surface area (TPSA) is 74.6 Å². The van der Waals surface area contributed by atoms with Crippen molar-refractivity contribution in [1.82, 2.24) is 19.9 Å². The second kappa shape index (κ2) is 11.1. The summed E-state index contributed by atoms with van der Waals surface area (Å²) in [6.07, 6.45) is 10.3. The van der Waals surface area contributed by atoms with Gasteiger partial charge >= 0.3 is 0 Å². The van der Waals surface area contributed by atoms with Crippen LogP contribution < -0.4 is 21.1 Å². The first-order valence-corrected chi connectivity index (χ1v) is 12.2. The van der Waals surface area contributed by atoms with Gasteiger partial charge in [0, 0.05) is 50.0 Å². The Morgan fingerprint density at radius 1 is 1.30 bits per heavy atom. The van der Waals surface area contributed by atoms with Gasteiger partial charge in [-0.25, -0.2) is 4.98 Å². The highest BCUT2D eigenvalue weighted by Crippen LogP contribution is 2.27. The van der Waals surface area contributed by atoms with Gasteiger partial charge in [-0.1, -0.05) is 67.7 Å². The van der Waals surface area contributed by atoms with Gasteiger partial charge < -0.3 is 15.5 Å². The summed E-state index contributed by atoms with van der Waals surface area (Å²) in [6.45, 7) is 10.2. The van der Waals surface area contributed by atoms with Crippen LogP contribution in [0.2, 0.25) is 0 Å². The van der Waals surface area contributed by atoms with E-state index in [4.69, 9.17) is 4.98 Å². The van der Waals surface area contributed by atoms with Crippen molar-refractivity contribution in [2.24, 2.45) is 0 Å². The number of nitrogens with zero attached hydrogens (tertiary/aromatic N) is 4. The van der Waals surface area contributed by atoms with Gasteiger partial charge in [0.05, 0.1) is 0 Å². The average Bonchev–Trinajstić information content (AvgIpc) is 3.28. The van der Waals surface area contributed by atoms with Crippen molar-refractivity contribution in [2.75, 3.05) is 42.9 Å². The number of anilines is 2. The normalized spacial score (nSPS) is 14.8. The fourth-order valence-corrected chi connectivity index (χ4v) is 4.56. The molecule has 0 saturated carbocycles. The Labute approximate surface area is 198 Å². The summed E-state index contributed by atoms with van der Waals surface area (Å²) in [5.74, 6) is 0.727. The highest BCUT2D eigenvalue weighted by Gasteiger charge is 2.16. The van der Waals surface area contributed by atoms with Gasteiger partial charge in [0.1, 0.15) is 10.8 Å². The van der Waals surface area contributed by atoms with Gasteiger partial charge in [0.2, 0.25) is 4.96 Å². The molecule has 4 rings (SSSR count). The number of rotatable bonds is 9. The summed E-state index contributed by atoms with van der Waals surface area (Å²) in [5, 5.41) is 12.1. The van der Waals surface area contributed by atoms with E-state index in [2.05, 4.69) is 52.4 Å². The molecular weight excluding hydrogens is 432 g/mol. The van der Waals surface area contributed by atoms with Crippen molar-refractivity contribution < 1.29 is 0 Å². The zero-order chi connectivity index (χ0) is 23.0. The Morgan fingerprint density at radius 3 is 2.94 bits per heavy atom. The lowest BCUT2D eigenvalue weighted by Crippen LogP contribution is -2.44. The quantitative estimate of drug-likeness (QED) is 0.466. The van der Waals surface area contributed by atoms with Crippen LogP contribution in [0.4, 0.5) is 11.5 Å². The smallest absolute Gasteiger partial charge is 0.277 e. The molecule has 0 radical (unpaired) electrons. The van der Waals surface area contributed by atoms with Crippen LogP contribution in [0.25, 0.3) is 15.5 Å². The summed E-state index contributed by atoms with van der Waals surface area (Å²) in [4.78, 5) is 20.2. The molecule has 0 aliphatic carbocycles. The highest BCUT2D eigenvalue weighted by atomic mass is 32.1. The number of allylic oxidation sites excluding steroid dienone is 3. The van der Waals surface area contributed by atoms with Crippen LogP contribution >= 0.6 is 11.3 Å². The molecule has 33 heavy (non-hydrogen) atoms. The SMILES string of the molecule is C=C/C=C(\C=C/CCC)CNc1cccc(-c2nn3c(=O)cc(N4CCNCC4)nc3s2)c1. The molecule has 0 amide bonds. The van der Waals surface area contributed by atoms with Gasteiger partial charge in [0.15, 0.2) is 0 Å². The van der Waals surface area contributed by atoms with Gasteiger partial charge in [-0.2, -0.15) is 9.61 Å². The van der Waals surface area contributed by atoms with E-state index < -0.39 is 0 Å². The highest BCUT2D eigenvalue weighted by molar-refractivity contribution is 7.19. The van der Waals surface area contributed by atoms with Crippen molar-refractivity contribution in [3.05, 3.63) is 77.1 Å². The minimum atomic E-state index is -0.150. The summed E-state index contributed by atoms with van der Waals surface area (Å²) in [5.41, 5.74) is 2.96. The van der Waals surface area contributed by atoms with Crippen molar-refractivity contribution in [2.45, 2.75) is 19.8 Å². The minimum Gasteiger partial charge on any atom is -0.381 e. The molecule has 2 N–H and O–H groups in total. The zero-order valence-corrected chi connectivity index (χ0v) is 19.8. The van der Waals surface area contributed by atoms with Crippen molar-refractivity contribution in [3.8, 4) is 10.6 Å². The van der Waals surface area contributed by atoms with Crippen LogP contribution in [0.5, 0.6) is 0 Å². The Kier molecular flexibility index (Phi) is 7.70. The van der Waals surface area contributed by atoms with E-state index in [0.29, 0.717) is 11.5 Å². The maximum absolute atomic E-state index is 12.7. The minimum absolute atomic E-state index is 0.150. The number of aromatic nitrogens is 3. The predicted molar refractivity (Wildman–Crippen MR) is 138 cm³/mol. The maximum Gasteiger partial charge on any atom is 0.277 e. The summed E-state index contributed by atoms with van der Waals surface area (Å²) >= 11 is 1.43. The van der Waals surface area contributed by atoms with Crippen molar-refractivity contribution in [1.29, 1.82) is 0 Å². The molecule has 172 valence electrons. The first-order valence-electron chi connectivity index (χ1n) is 11.4. The Morgan fingerprint density at radius 2 is 2.15 bits per heavy atom. The van der Waals surface area contributed by atoms with Gasteiger partial charge in [0.25, 0.3) is 5.56 Å². The second-order valence-electron chi connectivity index (χ2n) is 7.89. The molecule has 3 aromatic rings. The van der Waals surface area contributed by atoms with E-state index in [1.165, 1.54) is 21.4 Å². The third-order valence-corrected chi connectivity index (χ3v) is 6.36. The molecule has 1 aliphatic heterocycles. The van der Waals surface area contributed by atoms with Crippen molar-refractivity contribution >= 4 is 27.8 Å². The zero-order valence-electron chi connectivity index (χ0n) is 19.0. The largest absolute Gasteiger partial charge is 0.381 e. The van der Waals surface area contributed by atoms with Crippen LogP contribution in [0, 0.1) is 0 Å². The first-order chi connectivity index (χ1) is 16.2. The number of piperazine rings is 1. The van der Waals surface area contributed by atoms with E-state index in [1.807, 2.05) is 30.4 Å². The Hall–Kier alpha value is -3.23. The molecular formula is C25H30N6OS. The van der Waals surface area contributed by atoms with Gasteiger partial charge in [-0.05, 0) is 24.1 Å². The molecule has 0 bridgehead atoms. The Bertz CT molecular complexity index is 1220. The molecule has 1 aliphatic rings. The summed E-state index contributed by atoms with van der Waals surface area (Å²) in [7, 11) is 0. The monoisotopic (exact) mass is 462 g/mol. The van der Waals surface area contributed by atoms with Crippen LogP contribution in [0.1, 0.15) is 19.8 Å². The average molecular weight is 463 g/mol. The third kappa shape index (κ3) is 5.77. The lowest BCUT2D eigenvalue weighted by atomic mass is 10.1. The molecule has 1 aromatic carbocycles. The van der Waals surface area contributed by atoms with Crippen LogP contribution in [0.3, 0.4) is 0 Å². The maximum atomic E-state index is 12.7. The van der Waals surface area contributed by atoms with Gasteiger partial charge in [-0.15, -0.1) is 0 Å². The molecule has 0 atom stereocenters. The molecule has 0 unspecified atom stereocenters. The van der Waals surface area contributed by atoms with E-state index in [1.54, 1.807) is 6.07 Å². The fourth-order valence-electron chi connectivity index (χ4n) is 3.66. The molecule has 2 aromatic heterocycles. The van der Waals surface area contributed by atoms with Crippen LogP contribution in [0.15, 0.2) is 71.6 Å².